The summed E-state index contributed by atoms with van der Waals surface area (Å²) in [4.78, 5) is 43.8. The van der Waals surface area contributed by atoms with Crippen molar-refractivity contribution < 1.29 is 19.5 Å². The molecule has 8 nitrogen and oxygen atoms in total. The van der Waals surface area contributed by atoms with Gasteiger partial charge in [-0.2, -0.15) is 0 Å². The van der Waals surface area contributed by atoms with Crippen LogP contribution in [0.5, 0.6) is 0 Å². The lowest BCUT2D eigenvalue weighted by Gasteiger charge is -2.27. The van der Waals surface area contributed by atoms with E-state index in [1.807, 2.05) is 85.8 Å². The van der Waals surface area contributed by atoms with Gasteiger partial charge in [0.1, 0.15) is 5.82 Å². The van der Waals surface area contributed by atoms with Crippen molar-refractivity contribution in [3.05, 3.63) is 125 Å². The Labute approximate surface area is 303 Å². The standard InChI is InChI=1S/C42H46N4O4S/c1-3-10-38-45-39-27(2)21-32(24-37(39)46(38)25-30-17-19-31(20-18-30)34-15-7-8-16-35(34)41(48)49)40(47)44-33(22-28-11-5-4-6-12-28)26-51-42(50)36(43)23-29-13-9-14-29/h4-8,11-12,15-21,24,29,33,36H,3,9-10,13-14,22-23,25-26,43H2,1-2H3,(H,44,47)(H,48,49)/t33-,36+/m1/s1. The number of carboxylic acid groups (broad SMARTS) is 1. The molecule has 264 valence electrons. The van der Waals surface area contributed by atoms with Crippen LogP contribution >= 0.6 is 11.8 Å². The van der Waals surface area contributed by atoms with Gasteiger partial charge in [-0.05, 0) is 78.1 Å². The maximum Gasteiger partial charge on any atom is 0.336 e. The second-order valence-corrected chi connectivity index (χ2v) is 14.7. The first-order valence-electron chi connectivity index (χ1n) is 17.9. The van der Waals surface area contributed by atoms with Crippen molar-refractivity contribution in [2.75, 3.05) is 5.75 Å². The van der Waals surface area contributed by atoms with E-state index in [9.17, 15) is 19.5 Å². The van der Waals surface area contributed by atoms with Crippen molar-refractivity contribution in [2.45, 2.75) is 77.4 Å². The summed E-state index contributed by atoms with van der Waals surface area (Å²) in [5, 5.41) is 12.9. The number of aromatic nitrogens is 2. The van der Waals surface area contributed by atoms with E-state index in [0.717, 1.165) is 71.2 Å². The van der Waals surface area contributed by atoms with Gasteiger partial charge < -0.3 is 20.7 Å². The number of amides is 1. The summed E-state index contributed by atoms with van der Waals surface area (Å²) in [7, 11) is 0. The maximum absolute atomic E-state index is 14.0. The van der Waals surface area contributed by atoms with Gasteiger partial charge in [-0.15, -0.1) is 0 Å². The topological polar surface area (TPSA) is 127 Å². The molecule has 4 N–H and O–H groups in total. The molecule has 6 rings (SSSR count). The first-order valence-corrected chi connectivity index (χ1v) is 18.9. The third-order valence-corrected chi connectivity index (χ3v) is 11.0. The van der Waals surface area contributed by atoms with Crippen LogP contribution in [0.4, 0.5) is 0 Å². The maximum atomic E-state index is 14.0. The van der Waals surface area contributed by atoms with Gasteiger partial charge in [0, 0.05) is 30.3 Å². The molecule has 0 unspecified atom stereocenters. The van der Waals surface area contributed by atoms with E-state index in [2.05, 4.69) is 16.8 Å². The lowest BCUT2D eigenvalue weighted by molar-refractivity contribution is -0.112. The van der Waals surface area contributed by atoms with Crippen LogP contribution in [0, 0.1) is 12.8 Å². The van der Waals surface area contributed by atoms with Crippen molar-refractivity contribution in [1.29, 1.82) is 0 Å². The number of aryl methyl sites for hydroxylation is 2. The largest absolute Gasteiger partial charge is 0.478 e. The second kappa shape index (κ2) is 16.5. The number of imidazole rings is 1. The zero-order chi connectivity index (χ0) is 35.9. The molecule has 51 heavy (non-hydrogen) atoms. The molecule has 1 amide bonds. The number of rotatable bonds is 15. The van der Waals surface area contributed by atoms with Crippen molar-refractivity contribution in [1.82, 2.24) is 14.9 Å². The SMILES string of the molecule is CCCc1nc2c(C)cc(C(=O)N[C@@H](CSC(=O)[C@@H](N)CC3CCC3)Cc3ccccc3)cc2n1Cc1ccc(-c2ccccc2C(=O)O)cc1. The molecule has 0 radical (unpaired) electrons. The predicted octanol–water partition coefficient (Wildman–Crippen LogP) is 7.83. The van der Waals surface area contributed by atoms with E-state index in [-0.39, 0.29) is 22.6 Å². The highest BCUT2D eigenvalue weighted by atomic mass is 32.2. The van der Waals surface area contributed by atoms with E-state index < -0.39 is 12.0 Å². The molecule has 1 saturated carbocycles. The molecule has 1 aromatic heterocycles. The van der Waals surface area contributed by atoms with Crippen LogP contribution < -0.4 is 11.1 Å². The summed E-state index contributed by atoms with van der Waals surface area (Å²) >= 11 is 1.22. The van der Waals surface area contributed by atoms with Crippen LogP contribution in [-0.2, 0) is 24.2 Å². The van der Waals surface area contributed by atoms with Crippen LogP contribution in [-0.4, -0.2) is 49.5 Å². The predicted molar refractivity (Wildman–Crippen MR) is 205 cm³/mol. The molecule has 2 atom stereocenters. The first-order chi connectivity index (χ1) is 24.7. The fraction of sp³-hybridized carbons (Fsp3) is 0.333. The molecule has 4 aromatic carbocycles. The van der Waals surface area contributed by atoms with E-state index in [1.165, 1.54) is 18.2 Å². The van der Waals surface area contributed by atoms with Gasteiger partial charge in [-0.1, -0.05) is 111 Å². The number of hydrogen-bond acceptors (Lipinski definition) is 6. The summed E-state index contributed by atoms with van der Waals surface area (Å²) in [6.07, 6.45) is 6.55. The van der Waals surface area contributed by atoms with Crippen molar-refractivity contribution in [3.63, 3.8) is 0 Å². The smallest absolute Gasteiger partial charge is 0.336 e. The summed E-state index contributed by atoms with van der Waals surface area (Å²) in [6, 6.07) is 28.0. The molecule has 5 aromatic rings. The summed E-state index contributed by atoms with van der Waals surface area (Å²) in [5.74, 6) is 0.781. The van der Waals surface area contributed by atoms with Crippen LogP contribution in [0.2, 0.25) is 0 Å². The van der Waals surface area contributed by atoms with Crippen molar-refractivity contribution >= 4 is 39.8 Å². The van der Waals surface area contributed by atoms with Gasteiger partial charge in [0.05, 0.1) is 22.6 Å². The molecule has 9 heteroatoms. The molecule has 0 saturated heterocycles. The zero-order valence-electron chi connectivity index (χ0n) is 29.3. The quantitative estimate of drug-likeness (QED) is 0.102. The van der Waals surface area contributed by atoms with Crippen molar-refractivity contribution in [2.24, 2.45) is 11.7 Å². The number of nitrogens with one attached hydrogen (secondary N) is 1. The second-order valence-electron chi connectivity index (χ2n) is 13.7. The lowest BCUT2D eigenvalue weighted by Crippen LogP contribution is -2.40. The molecule has 0 spiro atoms. The van der Waals surface area contributed by atoms with Crippen LogP contribution in [0.25, 0.3) is 22.2 Å². The number of nitrogens with two attached hydrogens (primary N) is 1. The van der Waals surface area contributed by atoms with E-state index in [1.54, 1.807) is 12.1 Å². The fourth-order valence-corrected chi connectivity index (χ4v) is 7.73. The number of carboxylic acids is 1. The Morgan fingerprint density at radius 3 is 2.39 bits per heavy atom. The molecule has 1 fully saturated rings. The number of fused-ring (bicyclic) bond motifs is 1. The molecular weight excluding hydrogens is 657 g/mol. The average Bonchev–Trinajstić information content (AvgIpc) is 3.46. The summed E-state index contributed by atoms with van der Waals surface area (Å²) in [5.41, 5.74) is 13.4. The van der Waals surface area contributed by atoms with Gasteiger partial charge in [0.2, 0.25) is 5.12 Å². The van der Waals surface area contributed by atoms with Gasteiger partial charge in [-0.25, -0.2) is 9.78 Å². The monoisotopic (exact) mass is 702 g/mol. The lowest BCUT2D eigenvalue weighted by atomic mass is 9.81. The van der Waals surface area contributed by atoms with Gasteiger partial charge in [0.15, 0.2) is 0 Å². The minimum atomic E-state index is -0.957. The molecule has 1 heterocycles. The third-order valence-electron chi connectivity index (χ3n) is 9.82. The van der Waals surface area contributed by atoms with Gasteiger partial charge >= 0.3 is 5.97 Å². The Kier molecular flexibility index (Phi) is 11.7. The first kappa shape index (κ1) is 36.1. The summed E-state index contributed by atoms with van der Waals surface area (Å²) < 4.78 is 2.18. The van der Waals surface area contributed by atoms with Crippen LogP contribution in [0.3, 0.4) is 0 Å². The molecule has 0 aliphatic heterocycles. The number of nitrogens with zero attached hydrogens (tertiary/aromatic N) is 2. The molecule has 1 aliphatic carbocycles. The number of hydrogen-bond donors (Lipinski definition) is 3. The highest BCUT2D eigenvalue weighted by Gasteiger charge is 2.26. The zero-order valence-corrected chi connectivity index (χ0v) is 30.1. The van der Waals surface area contributed by atoms with Gasteiger partial charge in [0.25, 0.3) is 5.91 Å². The molecule has 0 bridgehead atoms. The van der Waals surface area contributed by atoms with Crippen molar-refractivity contribution in [3.8, 4) is 11.1 Å². The fourth-order valence-electron chi connectivity index (χ4n) is 6.85. The Balaban J connectivity index is 1.24. The Morgan fingerprint density at radius 1 is 0.980 bits per heavy atom. The van der Waals surface area contributed by atoms with E-state index in [0.29, 0.717) is 35.8 Å². The minimum absolute atomic E-state index is 0.0158. The molecule has 1 aliphatic rings. The highest BCUT2D eigenvalue weighted by Crippen LogP contribution is 2.31. The third kappa shape index (κ3) is 8.78. The van der Waals surface area contributed by atoms with E-state index >= 15 is 0 Å². The normalized spacial score (nSPS) is 14.2. The average molecular weight is 703 g/mol. The Morgan fingerprint density at radius 2 is 1.71 bits per heavy atom. The minimum Gasteiger partial charge on any atom is -0.478 e. The summed E-state index contributed by atoms with van der Waals surface area (Å²) in [6.45, 7) is 4.66. The number of thioether (sulfide) groups is 1. The van der Waals surface area contributed by atoms with E-state index in [4.69, 9.17) is 10.7 Å². The Bertz CT molecular complexity index is 2000. The highest BCUT2D eigenvalue weighted by molar-refractivity contribution is 8.13. The van der Waals surface area contributed by atoms with Crippen LogP contribution in [0.15, 0.2) is 91.0 Å². The molecular formula is C42H46N4O4S. The van der Waals surface area contributed by atoms with Gasteiger partial charge in [-0.3, -0.25) is 9.59 Å². The number of carbonyl (C=O) groups excluding carboxylic acids is 2. The number of benzene rings is 4. The number of carbonyl (C=O) groups is 3. The Hall–Kier alpha value is -4.73. The van der Waals surface area contributed by atoms with Crippen LogP contribution in [0.1, 0.15) is 82.3 Å². The number of aromatic carboxylic acids is 1.